The fraction of sp³-hybridized carbons (Fsp3) is 0.211. The van der Waals surface area contributed by atoms with Crippen molar-refractivity contribution in [1.29, 1.82) is 5.26 Å². The number of ether oxygens (including phenoxy) is 2. The van der Waals surface area contributed by atoms with E-state index >= 15 is 0 Å². The number of nitrogens with zero attached hydrogens (tertiary/aromatic N) is 2. The van der Waals surface area contributed by atoms with Crippen LogP contribution in [0.5, 0.6) is 11.6 Å². The van der Waals surface area contributed by atoms with Crippen LogP contribution in [0.25, 0.3) is 11.0 Å². The molecule has 2 aromatic heterocycles. The van der Waals surface area contributed by atoms with Gasteiger partial charge in [-0.15, -0.1) is 0 Å². The third-order valence-corrected chi connectivity index (χ3v) is 4.23. The summed E-state index contributed by atoms with van der Waals surface area (Å²) in [6.45, 7) is 3.68. The standard InChI is InChI=1S/C19H16ClN3O4/c1-4-12-7-13-15(9-22-18(25-3)17(13)26-12)27-19(24)23-16-10(2)5-11(8-21)6-14(16)20/h5-7,9H,4H2,1-3H3,(H,23,24). The van der Waals surface area contributed by atoms with Gasteiger partial charge in [-0.25, -0.2) is 9.78 Å². The second-order valence-electron chi connectivity index (χ2n) is 5.72. The van der Waals surface area contributed by atoms with Crippen molar-refractivity contribution < 1.29 is 18.7 Å². The van der Waals surface area contributed by atoms with E-state index in [1.165, 1.54) is 19.4 Å². The van der Waals surface area contributed by atoms with Crippen molar-refractivity contribution in [2.24, 2.45) is 0 Å². The lowest BCUT2D eigenvalue weighted by Crippen LogP contribution is -2.18. The summed E-state index contributed by atoms with van der Waals surface area (Å²) in [6.07, 6.45) is 1.32. The van der Waals surface area contributed by atoms with Gasteiger partial charge in [0.2, 0.25) is 0 Å². The molecule has 0 saturated heterocycles. The number of amides is 1. The van der Waals surface area contributed by atoms with Crippen LogP contribution >= 0.6 is 11.6 Å². The molecule has 3 aromatic rings. The highest BCUT2D eigenvalue weighted by Gasteiger charge is 2.18. The molecule has 0 radical (unpaired) electrons. The molecule has 138 valence electrons. The summed E-state index contributed by atoms with van der Waals surface area (Å²) < 4.78 is 16.3. The average Bonchev–Trinajstić information content (AvgIpc) is 3.09. The third kappa shape index (κ3) is 3.66. The quantitative estimate of drug-likeness (QED) is 0.689. The zero-order chi connectivity index (χ0) is 19.6. The van der Waals surface area contributed by atoms with E-state index in [-0.39, 0.29) is 10.8 Å². The second-order valence-corrected chi connectivity index (χ2v) is 6.12. The Morgan fingerprint density at radius 3 is 2.81 bits per heavy atom. The Morgan fingerprint density at radius 1 is 1.41 bits per heavy atom. The Morgan fingerprint density at radius 2 is 2.19 bits per heavy atom. The molecule has 0 fully saturated rings. The number of halogens is 1. The molecule has 0 bridgehead atoms. The zero-order valence-corrected chi connectivity index (χ0v) is 15.7. The molecule has 2 heterocycles. The van der Waals surface area contributed by atoms with E-state index in [4.69, 9.17) is 30.8 Å². The van der Waals surface area contributed by atoms with Crippen LogP contribution in [-0.2, 0) is 6.42 Å². The van der Waals surface area contributed by atoms with Crippen molar-refractivity contribution in [3.63, 3.8) is 0 Å². The van der Waals surface area contributed by atoms with E-state index in [2.05, 4.69) is 10.3 Å². The highest BCUT2D eigenvalue weighted by Crippen LogP contribution is 2.34. The van der Waals surface area contributed by atoms with Crippen molar-refractivity contribution >= 4 is 34.4 Å². The van der Waals surface area contributed by atoms with E-state index in [0.29, 0.717) is 45.8 Å². The van der Waals surface area contributed by atoms with Crippen LogP contribution in [0.3, 0.4) is 0 Å². The van der Waals surface area contributed by atoms with Gasteiger partial charge in [-0.1, -0.05) is 18.5 Å². The van der Waals surface area contributed by atoms with Crippen LogP contribution in [0.2, 0.25) is 5.02 Å². The zero-order valence-electron chi connectivity index (χ0n) is 14.9. The Labute approximate surface area is 160 Å². The van der Waals surface area contributed by atoms with Gasteiger partial charge < -0.3 is 13.9 Å². The van der Waals surface area contributed by atoms with Gasteiger partial charge in [-0.2, -0.15) is 5.26 Å². The molecule has 0 aliphatic rings. The number of hydrogen-bond acceptors (Lipinski definition) is 6. The molecule has 7 nitrogen and oxygen atoms in total. The minimum atomic E-state index is -0.739. The van der Waals surface area contributed by atoms with Gasteiger partial charge in [-0.3, -0.25) is 5.32 Å². The smallest absolute Gasteiger partial charge is 0.417 e. The van der Waals surface area contributed by atoms with Crippen LogP contribution < -0.4 is 14.8 Å². The first-order valence-electron chi connectivity index (χ1n) is 8.11. The maximum absolute atomic E-state index is 12.4. The van der Waals surface area contributed by atoms with Crippen LogP contribution in [0.4, 0.5) is 10.5 Å². The van der Waals surface area contributed by atoms with E-state index in [1.807, 2.05) is 13.0 Å². The highest BCUT2D eigenvalue weighted by atomic mass is 35.5. The second kappa shape index (κ2) is 7.56. The van der Waals surface area contributed by atoms with Gasteiger partial charge in [0.05, 0.1) is 41.0 Å². The number of pyridine rings is 1. The number of nitrogens with one attached hydrogen (secondary N) is 1. The Hall–Kier alpha value is -3.24. The van der Waals surface area contributed by atoms with Gasteiger partial charge >= 0.3 is 6.09 Å². The number of benzene rings is 1. The van der Waals surface area contributed by atoms with Gasteiger partial charge in [0.15, 0.2) is 11.3 Å². The van der Waals surface area contributed by atoms with E-state index in [9.17, 15) is 4.79 Å². The highest BCUT2D eigenvalue weighted by molar-refractivity contribution is 6.34. The Kier molecular flexibility index (Phi) is 5.19. The molecule has 27 heavy (non-hydrogen) atoms. The van der Waals surface area contributed by atoms with Crippen LogP contribution in [0.15, 0.2) is 28.8 Å². The predicted molar refractivity (Wildman–Crippen MR) is 100 cm³/mol. The molecule has 8 heteroatoms. The molecule has 0 spiro atoms. The molecule has 0 aliphatic carbocycles. The monoisotopic (exact) mass is 385 g/mol. The summed E-state index contributed by atoms with van der Waals surface area (Å²) in [5.74, 6) is 1.25. The minimum Gasteiger partial charge on any atom is -0.478 e. The number of fused-ring (bicyclic) bond motifs is 1. The number of methoxy groups -OCH3 is 1. The predicted octanol–water partition coefficient (Wildman–Crippen LogP) is 4.84. The lowest BCUT2D eigenvalue weighted by atomic mass is 10.1. The van der Waals surface area contributed by atoms with Crippen molar-refractivity contribution in [3.05, 3.63) is 46.3 Å². The molecular formula is C19H16ClN3O4. The number of rotatable bonds is 4. The lowest BCUT2D eigenvalue weighted by molar-refractivity contribution is 0.215. The fourth-order valence-corrected chi connectivity index (χ4v) is 2.94. The molecule has 1 aromatic carbocycles. The molecule has 1 amide bonds. The van der Waals surface area contributed by atoms with Crippen molar-refractivity contribution in [2.45, 2.75) is 20.3 Å². The van der Waals surface area contributed by atoms with Gasteiger partial charge in [0, 0.05) is 6.42 Å². The molecule has 3 rings (SSSR count). The number of hydrogen-bond donors (Lipinski definition) is 1. The summed E-state index contributed by atoms with van der Waals surface area (Å²) in [5.41, 5.74) is 1.83. The first kappa shape index (κ1) is 18.5. The maximum atomic E-state index is 12.4. The van der Waals surface area contributed by atoms with Crippen molar-refractivity contribution in [3.8, 4) is 17.7 Å². The minimum absolute atomic E-state index is 0.231. The molecular weight excluding hydrogens is 370 g/mol. The summed E-state index contributed by atoms with van der Waals surface area (Å²) >= 11 is 6.15. The summed E-state index contributed by atoms with van der Waals surface area (Å²) in [7, 11) is 1.48. The molecule has 0 unspecified atom stereocenters. The van der Waals surface area contributed by atoms with E-state index in [0.717, 1.165) is 0 Å². The summed E-state index contributed by atoms with van der Waals surface area (Å²) in [5, 5.41) is 12.4. The van der Waals surface area contributed by atoms with Crippen molar-refractivity contribution in [1.82, 2.24) is 4.98 Å². The first-order valence-corrected chi connectivity index (χ1v) is 8.49. The van der Waals surface area contributed by atoms with Gasteiger partial charge in [0.1, 0.15) is 5.76 Å². The van der Waals surface area contributed by atoms with E-state index < -0.39 is 6.09 Å². The van der Waals surface area contributed by atoms with Crippen LogP contribution in [0, 0.1) is 18.3 Å². The Balaban J connectivity index is 1.89. The summed E-state index contributed by atoms with van der Waals surface area (Å²) in [4.78, 5) is 16.5. The number of carbonyl (C=O) groups is 1. The SMILES string of the molecule is CCc1cc2c(OC(=O)Nc3c(C)cc(C#N)cc3Cl)cnc(OC)c2o1. The number of anilines is 1. The molecule has 0 aliphatic heterocycles. The normalized spacial score (nSPS) is 10.5. The number of carbonyl (C=O) groups excluding carboxylic acids is 1. The van der Waals surface area contributed by atoms with E-state index in [1.54, 1.807) is 19.1 Å². The molecule has 0 atom stereocenters. The Bertz CT molecular complexity index is 1050. The van der Waals surface area contributed by atoms with Gasteiger partial charge in [0.25, 0.3) is 5.88 Å². The van der Waals surface area contributed by atoms with Crippen molar-refractivity contribution in [2.75, 3.05) is 12.4 Å². The maximum Gasteiger partial charge on any atom is 0.417 e. The lowest BCUT2D eigenvalue weighted by Gasteiger charge is -2.11. The first-order chi connectivity index (χ1) is 13.0. The number of aryl methyl sites for hydroxylation is 2. The third-order valence-electron chi connectivity index (χ3n) is 3.93. The fourth-order valence-electron chi connectivity index (χ4n) is 2.62. The topological polar surface area (TPSA) is 97.4 Å². The summed E-state index contributed by atoms with van der Waals surface area (Å²) in [6, 6.07) is 6.89. The average molecular weight is 386 g/mol. The van der Waals surface area contributed by atoms with Crippen LogP contribution in [-0.4, -0.2) is 18.2 Å². The molecule has 1 N–H and O–H groups in total. The number of aromatic nitrogens is 1. The number of nitriles is 1. The van der Waals surface area contributed by atoms with Crippen LogP contribution in [0.1, 0.15) is 23.8 Å². The largest absolute Gasteiger partial charge is 0.478 e. The van der Waals surface area contributed by atoms with Gasteiger partial charge in [-0.05, 0) is 30.7 Å². The number of furan rings is 1. The molecule has 0 saturated carbocycles.